The molecule has 2 atom stereocenters. The van der Waals surface area contributed by atoms with Crippen molar-refractivity contribution in [3.8, 4) is 0 Å². The number of aliphatic hydroxyl groups excluding tert-OH is 1. The van der Waals surface area contributed by atoms with Crippen molar-refractivity contribution >= 4 is 9.84 Å². The van der Waals surface area contributed by atoms with E-state index in [1.165, 1.54) is 0 Å². The van der Waals surface area contributed by atoms with Crippen molar-refractivity contribution in [3.63, 3.8) is 0 Å². The Bertz CT molecular complexity index is 483. The van der Waals surface area contributed by atoms with Gasteiger partial charge in [0.15, 0.2) is 9.84 Å². The molecule has 1 saturated heterocycles. The molecule has 96 valence electrons. The van der Waals surface area contributed by atoms with Gasteiger partial charge in [0.1, 0.15) is 0 Å². The van der Waals surface area contributed by atoms with Crippen molar-refractivity contribution in [1.29, 1.82) is 0 Å². The summed E-state index contributed by atoms with van der Waals surface area (Å²) in [5, 5.41) is 16.7. The molecular weight excluding hydrogens is 242 g/mol. The van der Waals surface area contributed by atoms with Crippen LogP contribution in [0.5, 0.6) is 0 Å². The highest BCUT2D eigenvalue weighted by Gasteiger charge is 2.35. The molecule has 2 rings (SSSR count). The fourth-order valence-corrected chi connectivity index (χ4v) is 3.83. The SMILES string of the molecule is Cn1nccc1CCNC1CS(=O)(=O)CC1O. The van der Waals surface area contributed by atoms with Crippen LogP contribution in [0, 0.1) is 0 Å². The molecule has 2 N–H and O–H groups in total. The predicted molar refractivity (Wildman–Crippen MR) is 63.4 cm³/mol. The first-order valence-electron chi connectivity index (χ1n) is 5.57. The maximum atomic E-state index is 11.3. The smallest absolute Gasteiger partial charge is 0.154 e. The van der Waals surface area contributed by atoms with E-state index in [4.69, 9.17) is 0 Å². The Kier molecular flexibility index (Phi) is 3.50. The van der Waals surface area contributed by atoms with Crippen molar-refractivity contribution in [3.05, 3.63) is 18.0 Å². The normalized spacial score (nSPS) is 27.4. The van der Waals surface area contributed by atoms with E-state index < -0.39 is 15.9 Å². The lowest BCUT2D eigenvalue weighted by Gasteiger charge is -2.14. The standard InChI is InChI=1S/C10H17N3O3S/c1-13-8(3-5-12-13)2-4-11-9-6-17(15,16)7-10(9)14/h3,5,9-11,14H,2,4,6-7H2,1H3. The third-order valence-electron chi connectivity index (χ3n) is 3.03. The van der Waals surface area contributed by atoms with Crippen LogP contribution in [0.25, 0.3) is 0 Å². The largest absolute Gasteiger partial charge is 0.390 e. The lowest BCUT2D eigenvalue weighted by molar-refractivity contribution is 0.166. The van der Waals surface area contributed by atoms with E-state index in [9.17, 15) is 13.5 Å². The molecule has 2 unspecified atom stereocenters. The maximum absolute atomic E-state index is 11.3. The molecule has 0 bridgehead atoms. The van der Waals surface area contributed by atoms with Crippen LogP contribution < -0.4 is 5.32 Å². The van der Waals surface area contributed by atoms with Gasteiger partial charge in [0.05, 0.1) is 17.6 Å². The second-order valence-electron chi connectivity index (χ2n) is 4.40. The summed E-state index contributed by atoms with van der Waals surface area (Å²) in [7, 11) is -1.20. The molecule has 0 radical (unpaired) electrons. The van der Waals surface area contributed by atoms with Gasteiger partial charge in [-0.2, -0.15) is 5.10 Å². The van der Waals surface area contributed by atoms with Gasteiger partial charge < -0.3 is 10.4 Å². The second-order valence-corrected chi connectivity index (χ2v) is 6.55. The van der Waals surface area contributed by atoms with Crippen LogP contribution in [-0.4, -0.2) is 53.5 Å². The first-order chi connectivity index (χ1) is 7.98. The van der Waals surface area contributed by atoms with Crippen molar-refractivity contribution in [1.82, 2.24) is 15.1 Å². The predicted octanol–water partition coefficient (Wildman–Crippen LogP) is -1.29. The molecule has 0 saturated carbocycles. The Hall–Kier alpha value is -0.920. The number of aromatic nitrogens is 2. The summed E-state index contributed by atoms with van der Waals surface area (Å²) < 4.78 is 24.3. The fraction of sp³-hybridized carbons (Fsp3) is 0.700. The molecule has 1 aromatic heterocycles. The van der Waals surface area contributed by atoms with Crippen LogP contribution >= 0.6 is 0 Å². The minimum atomic E-state index is -3.07. The number of hydrogen-bond donors (Lipinski definition) is 2. The molecule has 2 heterocycles. The van der Waals surface area contributed by atoms with E-state index in [2.05, 4.69) is 10.4 Å². The molecular formula is C10H17N3O3S. The van der Waals surface area contributed by atoms with Crippen LogP contribution in [0.15, 0.2) is 12.3 Å². The van der Waals surface area contributed by atoms with E-state index >= 15 is 0 Å². The topological polar surface area (TPSA) is 84.2 Å². The quantitative estimate of drug-likeness (QED) is 0.703. The average Bonchev–Trinajstić information content (AvgIpc) is 2.72. The number of nitrogens with one attached hydrogen (secondary N) is 1. The van der Waals surface area contributed by atoms with Gasteiger partial charge in [-0.15, -0.1) is 0 Å². The lowest BCUT2D eigenvalue weighted by atomic mass is 10.2. The highest BCUT2D eigenvalue weighted by Crippen LogP contribution is 2.12. The molecule has 0 amide bonds. The maximum Gasteiger partial charge on any atom is 0.154 e. The molecule has 6 nitrogen and oxygen atoms in total. The zero-order chi connectivity index (χ0) is 12.5. The van der Waals surface area contributed by atoms with Gasteiger partial charge in [0.25, 0.3) is 0 Å². The molecule has 0 spiro atoms. The zero-order valence-electron chi connectivity index (χ0n) is 9.70. The first-order valence-corrected chi connectivity index (χ1v) is 7.39. The average molecular weight is 259 g/mol. The van der Waals surface area contributed by atoms with E-state index in [-0.39, 0.29) is 17.5 Å². The Balaban J connectivity index is 1.82. The summed E-state index contributed by atoms with van der Waals surface area (Å²) >= 11 is 0. The number of nitrogens with zero attached hydrogens (tertiary/aromatic N) is 2. The van der Waals surface area contributed by atoms with Crippen LogP contribution in [0.4, 0.5) is 0 Å². The minimum Gasteiger partial charge on any atom is -0.390 e. The van der Waals surface area contributed by atoms with Crippen LogP contribution in [-0.2, 0) is 23.3 Å². The number of hydrogen-bond acceptors (Lipinski definition) is 5. The Labute approximate surface area is 101 Å². The van der Waals surface area contributed by atoms with E-state index in [1.807, 2.05) is 13.1 Å². The molecule has 0 aromatic carbocycles. The van der Waals surface area contributed by atoms with Crippen LogP contribution in [0.3, 0.4) is 0 Å². The van der Waals surface area contributed by atoms with E-state index in [0.717, 1.165) is 12.1 Å². The summed E-state index contributed by atoms with van der Waals surface area (Å²) in [6.45, 7) is 0.636. The highest BCUT2D eigenvalue weighted by molar-refractivity contribution is 7.91. The van der Waals surface area contributed by atoms with Crippen molar-refractivity contribution in [2.45, 2.75) is 18.6 Å². The van der Waals surface area contributed by atoms with Crippen LogP contribution in [0.1, 0.15) is 5.69 Å². The van der Waals surface area contributed by atoms with Gasteiger partial charge >= 0.3 is 0 Å². The van der Waals surface area contributed by atoms with E-state index in [0.29, 0.717) is 6.54 Å². The number of sulfone groups is 1. The molecule has 7 heteroatoms. The second kappa shape index (κ2) is 4.75. The van der Waals surface area contributed by atoms with Gasteiger partial charge in [-0.1, -0.05) is 0 Å². The van der Waals surface area contributed by atoms with Gasteiger partial charge in [0.2, 0.25) is 0 Å². The molecule has 1 fully saturated rings. The molecule has 1 aliphatic heterocycles. The molecule has 1 aliphatic rings. The summed E-state index contributed by atoms with van der Waals surface area (Å²) in [5.41, 5.74) is 1.08. The number of aliphatic hydroxyl groups is 1. The van der Waals surface area contributed by atoms with Gasteiger partial charge in [-0.3, -0.25) is 4.68 Å². The first kappa shape index (κ1) is 12.5. The van der Waals surface area contributed by atoms with Gasteiger partial charge in [-0.05, 0) is 6.07 Å². The Morgan fingerprint density at radius 3 is 2.88 bits per heavy atom. The molecule has 0 aliphatic carbocycles. The summed E-state index contributed by atoms with van der Waals surface area (Å²) in [6, 6.07) is 1.58. The summed E-state index contributed by atoms with van der Waals surface area (Å²) in [6.07, 6.45) is 1.70. The van der Waals surface area contributed by atoms with E-state index in [1.54, 1.807) is 10.9 Å². The van der Waals surface area contributed by atoms with Gasteiger partial charge in [0, 0.05) is 37.9 Å². The minimum absolute atomic E-state index is 0.0273. The monoisotopic (exact) mass is 259 g/mol. The van der Waals surface area contributed by atoms with Crippen molar-refractivity contribution in [2.24, 2.45) is 7.05 Å². The molecule has 17 heavy (non-hydrogen) atoms. The Morgan fingerprint density at radius 1 is 1.59 bits per heavy atom. The lowest BCUT2D eigenvalue weighted by Crippen LogP contribution is -2.40. The fourth-order valence-electron chi connectivity index (χ4n) is 2.06. The molecule has 1 aromatic rings. The zero-order valence-corrected chi connectivity index (χ0v) is 10.5. The Morgan fingerprint density at radius 2 is 2.35 bits per heavy atom. The number of aryl methyl sites for hydroxylation is 1. The number of rotatable bonds is 4. The summed E-state index contributed by atoms with van der Waals surface area (Å²) in [5.74, 6) is -0.101. The van der Waals surface area contributed by atoms with Crippen molar-refractivity contribution in [2.75, 3.05) is 18.1 Å². The van der Waals surface area contributed by atoms with Gasteiger partial charge in [-0.25, -0.2) is 8.42 Å². The summed E-state index contributed by atoms with van der Waals surface area (Å²) in [4.78, 5) is 0. The highest BCUT2D eigenvalue weighted by atomic mass is 32.2. The van der Waals surface area contributed by atoms with Crippen molar-refractivity contribution < 1.29 is 13.5 Å². The van der Waals surface area contributed by atoms with Crippen LogP contribution in [0.2, 0.25) is 0 Å². The third kappa shape index (κ3) is 3.05. The third-order valence-corrected chi connectivity index (χ3v) is 4.75.